The van der Waals surface area contributed by atoms with Gasteiger partial charge in [0.15, 0.2) is 0 Å². The minimum atomic E-state index is -0.679. The smallest absolute Gasteiger partial charge is 0.124 e. The molecule has 0 spiro atoms. The average Bonchev–Trinajstić information content (AvgIpc) is 2.30. The Kier molecular flexibility index (Phi) is 3.24. The molecule has 4 nitrogen and oxygen atoms in total. The van der Waals surface area contributed by atoms with Crippen LogP contribution in [-0.4, -0.2) is 34.6 Å². The predicted octanol–water partition coefficient (Wildman–Crippen LogP) is 0.539. The number of nitrogens with two attached hydrogens (primary N) is 1. The van der Waals surface area contributed by atoms with E-state index < -0.39 is 10.8 Å². The number of nitrogens with zero attached hydrogens (tertiary/aromatic N) is 1. The van der Waals surface area contributed by atoms with Crippen LogP contribution in [0.15, 0.2) is 24.3 Å². The van der Waals surface area contributed by atoms with Crippen LogP contribution in [0.5, 0.6) is 0 Å². The largest absolute Gasteiger partial charge is 0.384 e. The summed E-state index contributed by atoms with van der Waals surface area (Å²) in [6.45, 7) is 1.55. The number of para-hydroxylation sites is 1. The van der Waals surface area contributed by atoms with Gasteiger partial charge in [0.25, 0.3) is 0 Å². The monoisotopic (exact) mass is 237 g/mol. The Morgan fingerprint density at radius 2 is 1.94 bits per heavy atom. The van der Waals surface area contributed by atoms with Crippen LogP contribution in [0.1, 0.15) is 5.56 Å². The Morgan fingerprint density at radius 1 is 1.31 bits per heavy atom. The first-order valence-electron chi connectivity index (χ1n) is 5.22. The van der Waals surface area contributed by atoms with Crippen LogP contribution < -0.4 is 10.6 Å². The standard InChI is InChI=1S/C11H15N3OS/c12-11(13)9-3-1-2-4-10(9)14-5-7-16(15)8-6-14/h1-4H,5-8H2,(H3,12,13). The number of hydrogen-bond acceptors (Lipinski definition) is 3. The van der Waals surface area contributed by atoms with Crippen LogP contribution in [0.25, 0.3) is 0 Å². The molecule has 0 bridgehead atoms. The molecule has 16 heavy (non-hydrogen) atoms. The molecule has 2 rings (SSSR count). The molecule has 0 atom stereocenters. The fourth-order valence-corrected chi connectivity index (χ4v) is 2.91. The maximum atomic E-state index is 11.3. The van der Waals surface area contributed by atoms with Gasteiger partial charge >= 0.3 is 0 Å². The summed E-state index contributed by atoms with van der Waals surface area (Å²) in [4.78, 5) is 2.15. The lowest BCUT2D eigenvalue weighted by Crippen LogP contribution is -2.38. The SMILES string of the molecule is N=C(N)c1ccccc1N1CCS(=O)CC1. The highest BCUT2D eigenvalue weighted by atomic mass is 32.2. The summed E-state index contributed by atoms with van der Waals surface area (Å²) < 4.78 is 11.3. The van der Waals surface area contributed by atoms with Crippen molar-refractivity contribution in [3.63, 3.8) is 0 Å². The summed E-state index contributed by atoms with van der Waals surface area (Å²) in [5.74, 6) is 1.49. The molecular weight excluding hydrogens is 222 g/mol. The third-order valence-electron chi connectivity index (χ3n) is 2.71. The minimum Gasteiger partial charge on any atom is -0.384 e. The molecule has 0 aromatic heterocycles. The zero-order chi connectivity index (χ0) is 11.5. The van der Waals surface area contributed by atoms with Gasteiger partial charge in [0, 0.05) is 46.6 Å². The lowest BCUT2D eigenvalue weighted by molar-refractivity contribution is 0.673. The minimum absolute atomic E-state index is 0.0855. The van der Waals surface area contributed by atoms with Gasteiger partial charge in [-0.15, -0.1) is 0 Å². The second-order valence-electron chi connectivity index (χ2n) is 3.77. The summed E-state index contributed by atoms with van der Waals surface area (Å²) in [6, 6.07) is 7.63. The van der Waals surface area contributed by atoms with Crippen LogP contribution in [0.3, 0.4) is 0 Å². The van der Waals surface area contributed by atoms with Crippen molar-refractivity contribution in [2.45, 2.75) is 0 Å². The zero-order valence-electron chi connectivity index (χ0n) is 8.98. The second kappa shape index (κ2) is 4.65. The Hall–Kier alpha value is -1.36. The summed E-state index contributed by atoms with van der Waals surface area (Å²) in [7, 11) is -0.679. The zero-order valence-corrected chi connectivity index (χ0v) is 9.80. The highest BCUT2D eigenvalue weighted by molar-refractivity contribution is 7.85. The van der Waals surface area contributed by atoms with Crippen molar-refractivity contribution >= 4 is 22.3 Å². The molecule has 0 amide bonds. The molecule has 1 aromatic carbocycles. The van der Waals surface area contributed by atoms with E-state index in [-0.39, 0.29) is 5.84 Å². The van der Waals surface area contributed by atoms with Gasteiger partial charge in [0.2, 0.25) is 0 Å². The maximum Gasteiger partial charge on any atom is 0.124 e. The van der Waals surface area contributed by atoms with Gasteiger partial charge in [0.05, 0.1) is 0 Å². The van der Waals surface area contributed by atoms with E-state index in [1.165, 1.54) is 0 Å². The summed E-state index contributed by atoms with van der Waals surface area (Å²) in [5, 5.41) is 7.53. The Morgan fingerprint density at radius 3 is 2.56 bits per heavy atom. The predicted molar refractivity (Wildman–Crippen MR) is 67.5 cm³/mol. The molecule has 1 aliphatic heterocycles. The molecule has 0 aliphatic carbocycles. The molecule has 5 heteroatoms. The van der Waals surface area contributed by atoms with Crippen molar-refractivity contribution < 1.29 is 4.21 Å². The normalized spacial score (nSPS) is 17.4. The third-order valence-corrected chi connectivity index (χ3v) is 3.99. The van der Waals surface area contributed by atoms with E-state index in [4.69, 9.17) is 11.1 Å². The summed E-state index contributed by atoms with van der Waals surface area (Å²) in [5.41, 5.74) is 7.28. The summed E-state index contributed by atoms with van der Waals surface area (Å²) >= 11 is 0. The Bertz CT molecular complexity index is 423. The van der Waals surface area contributed by atoms with E-state index in [9.17, 15) is 4.21 Å². The van der Waals surface area contributed by atoms with Crippen molar-refractivity contribution in [2.24, 2.45) is 5.73 Å². The van der Waals surface area contributed by atoms with Crippen molar-refractivity contribution in [2.75, 3.05) is 29.5 Å². The van der Waals surface area contributed by atoms with Crippen LogP contribution in [0.4, 0.5) is 5.69 Å². The number of rotatable bonds is 2. The summed E-state index contributed by atoms with van der Waals surface area (Å²) in [6.07, 6.45) is 0. The topological polar surface area (TPSA) is 70.2 Å². The molecule has 3 N–H and O–H groups in total. The highest BCUT2D eigenvalue weighted by Gasteiger charge is 2.18. The average molecular weight is 237 g/mol. The molecular formula is C11H15N3OS. The van der Waals surface area contributed by atoms with Crippen LogP contribution in [0.2, 0.25) is 0 Å². The first-order valence-corrected chi connectivity index (χ1v) is 6.70. The second-order valence-corrected chi connectivity index (χ2v) is 5.46. The van der Waals surface area contributed by atoms with Crippen LogP contribution >= 0.6 is 0 Å². The van der Waals surface area contributed by atoms with Gasteiger partial charge in [-0.3, -0.25) is 9.62 Å². The maximum absolute atomic E-state index is 11.3. The molecule has 1 heterocycles. The fraction of sp³-hybridized carbons (Fsp3) is 0.364. The number of anilines is 1. The molecule has 1 aromatic rings. The van der Waals surface area contributed by atoms with E-state index in [1.54, 1.807) is 0 Å². The lowest BCUT2D eigenvalue weighted by atomic mass is 10.1. The van der Waals surface area contributed by atoms with E-state index >= 15 is 0 Å². The number of amidine groups is 1. The fourth-order valence-electron chi connectivity index (χ4n) is 1.86. The van der Waals surface area contributed by atoms with E-state index in [2.05, 4.69) is 4.90 Å². The molecule has 1 fully saturated rings. The molecule has 0 unspecified atom stereocenters. The van der Waals surface area contributed by atoms with E-state index in [0.717, 1.165) is 24.3 Å². The highest BCUT2D eigenvalue weighted by Crippen LogP contribution is 2.21. The number of benzene rings is 1. The number of nitrogen functional groups attached to an aromatic ring is 1. The van der Waals surface area contributed by atoms with E-state index in [1.807, 2.05) is 24.3 Å². The molecule has 0 radical (unpaired) electrons. The number of hydrogen-bond donors (Lipinski definition) is 2. The molecule has 0 saturated carbocycles. The van der Waals surface area contributed by atoms with Gasteiger partial charge < -0.3 is 10.6 Å². The number of nitrogens with one attached hydrogen (secondary N) is 1. The van der Waals surface area contributed by atoms with Crippen LogP contribution in [0, 0.1) is 5.41 Å². The Labute approximate surface area is 97.4 Å². The van der Waals surface area contributed by atoms with Gasteiger partial charge in [-0.2, -0.15) is 0 Å². The molecule has 1 saturated heterocycles. The van der Waals surface area contributed by atoms with Crippen LogP contribution in [-0.2, 0) is 10.8 Å². The van der Waals surface area contributed by atoms with Gasteiger partial charge in [-0.05, 0) is 12.1 Å². The van der Waals surface area contributed by atoms with Crippen molar-refractivity contribution in [1.29, 1.82) is 5.41 Å². The van der Waals surface area contributed by atoms with Gasteiger partial charge in [0.1, 0.15) is 5.84 Å². The van der Waals surface area contributed by atoms with Gasteiger partial charge in [-0.1, -0.05) is 12.1 Å². The van der Waals surface area contributed by atoms with Gasteiger partial charge in [-0.25, -0.2) is 0 Å². The van der Waals surface area contributed by atoms with Crippen molar-refractivity contribution in [3.8, 4) is 0 Å². The van der Waals surface area contributed by atoms with Crippen molar-refractivity contribution in [1.82, 2.24) is 0 Å². The Balaban J connectivity index is 2.26. The third kappa shape index (κ3) is 2.24. The molecule has 1 aliphatic rings. The van der Waals surface area contributed by atoms with E-state index in [0.29, 0.717) is 11.5 Å². The first kappa shape index (κ1) is 11.1. The first-order chi connectivity index (χ1) is 7.68. The molecule has 86 valence electrons. The quantitative estimate of drug-likeness (QED) is 0.582. The van der Waals surface area contributed by atoms with Crippen molar-refractivity contribution in [3.05, 3.63) is 29.8 Å². The lowest BCUT2D eigenvalue weighted by Gasteiger charge is -2.29.